The second-order valence-electron chi connectivity index (χ2n) is 6.32. The Hall–Kier alpha value is -3.56. The molecule has 1 aromatic carbocycles. The van der Waals surface area contributed by atoms with Crippen molar-refractivity contribution in [1.29, 1.82) is 0 Å². The van der Waals surface area contributed by atoms with Crippen LogP contribution in [-0.2, 0) is 0 Å². The van der Waals surface area contributed by atoms with Crippen LogP contribution >= 0.6 is 0 Å². The molecule has 27 heavy (non-hydrogen) atoms. The van der Waals surface area contributed by atoms with Gasteiger partial charge in [-0.25, -0.2) is 14.3 Å². The Labute approximate surface area is 154 Å². The van der Waals surface area contributed by atoms with E-state index in [1.807, 2.05) is 4.68 Å². The molecule has 3 heterocycles. The Bertz CT molecular complexity index is 959. The maximum atomic E-state index is 12.7. The molecular formula is C17H17N7O3. The van der Waals surface area contributed by atoms with Gasteiger partial charge >= 0.3 is 0 Å². The summed E-state index contributed by atoms with van der Waals surface area (Å²) in [6.45, 7) is 1.24. The summed E-state index contributed by atoms with van der Waals surface area (Å²) < 4.78 is 3.31. The molecule has 0 spiro atoms. The first-order valence-corrected chi connectivity index (χ1v) is 8.56. The molecule has 1 aliphatic rings. The van der Waals surface area contributed by atoms with Crippen LogP contribution in [-0.4, -0.2) is 53.4 Å². The number of carbonyl (C=O) groups excluding carboxylic acids is 1. The first-order chi connectivity index (χ1) is 13.1. The molecule has 1 saturated heterocycles. The minimum absolute atomic E-state index is 0.0222. The monoisotopic (exact) mass is 367 g/mol. The number of piperidine rings is 1. The molecule has 0 N–H and O–H groups in total. The van der Waals surface area contributed by atoms with Gasteiger partial charge in [0.15, 0.2) is 5.69 Å². The van der Waals surface area contributed by atoms with Crippen LogP contribution in [0.15, 0.2) is 49.2 Å². The summed E-state index contributed by atoms with van der Waals surface area (Å²) >= 11 is 0. The lowest BCUT2D eigenvalue weighted by Crippen LogP contribution is -2.39. The molecule has 1 aliphatic heterocycles. The SMILES string of the molecule is O=C(c1ccn(-c2cccc([N+](=O)[O-])c2)n1)N1CCC(n2cncn2)CC1. The van der Waals surface area contributed by atoms with Gasteiger partial charge in [-0.2, -0.15) is 10.2 Å². The summed E-state index contributed by atoms with van der Waals surface area (Å²) in [6.07, 6.45) is 6.46. The lowest BCUT2D eigenvalue weighted by molar-refractivity contribution is -0.384. The number of hydrogen-bond acceptors (Lipinski definition) is 6. The Morgan fingerprint density at radius 2 is 2.04 bits per heavy atom. The number of non-ortho nitro benzene ring substituents is 1. The molecule has 138 valence electrons. The number of amides is 1. The molecule has 1 fully saturated rings. The third-order valence-electron chi connectivity index (χ3n) is 4.68. The molecule has 0 saturated carbocycles. The average Bonchev–Trinajstić information content (AvgIpc) is 3.40. The van der Waals surface area contributed by atoms with Gasteiger partial charge in [0, 0.05) is 31.4 Å². The van der Waals surface area contributed by atoms with E-state index >= 15 is 0 Å². The number of nitro benzene ring substituents is 1. The van der Waals surface area contributed by atoms with E-state index in [9.17, 15) is 14.9 Å². The Morgan fingerprint density at radius 1 is 1.22 bits per heavy atom. The summed E-state index contributed by atoms with van der Waals surface area (Å²) in [6, 6.07) is 8.01. The molecule has 3 aromatic rings. The maximum absolute atomic E-state index is 12.7. The highest BCUT2D eigenvalue weighted by molar-refractivity contribution is 5.92. The molecule has 10 nitrogen and oxygen atoms in total. The highest BCUT2D eigenvalue weighted by Gasteiger charge is 2.26. The lowest BCUT2D eigenvalue weighted by atomic mass is 10.1. The van der Waals surface area contributed by atoms with Crippen molar-refractivity contribution in [2.24, 2.45) is 0 Å². The van der Waals surface area contributed by atoms with Gasteiger partial charge in [0.25, 0.3) is 11.6 Å². The maximum Gasteiger partial charge on any atom is 0.274 e. The number of nitro groups is 1. The predicted octanol–water partition coefficient (Wildman–Crippen LogP) is 1.85. The molecule has 0 aliphatic carbocycles. The zero-order valence-corrected chi connectivity index (χ0v) is 14.4. The fourth-order valence-corrected chi connectivity index (χ4v) is 3.23. The van der Waals surface area contributed by atoms with Crippen molar-refractivity contribution in [3.63, 3.8) is 0 Å². The van der Waals surface area contributed by atoms with Crippen molar-refractivity contribution < 1.29 is 9.72 Å². The summed E-state index contributed by atoms with van der Waals surface area (Å²) in [7, 11) is 0. The first kappa shape index (κ1) is 16.9. The van der Waals surface area contributed by atoms with Crippen molar-refractivity contribution in [1.82, 2.24) is 29.4 Å². The number of rotatable bonds is 4. The molecule has 0 bridgehead atoms. The van der Waals surface area contributed by atoms with E-state index in [0.717, 1.165) is 12.8 Å². The fourth-order valence-electron chi connectivity index (χ4n) is 3.23. The molecule has 1 amide bonds. The number of benzene rings is 1. The highest BCUT2D eigenvalue weighted by Crippen LogP contribution is 2.22. The van der Waals surface area contributed by atoms with E-state index in [1.165, 1.54) is 23.1 Å². The average molecular weight is 367 g/mol. The van der Waals surface area contributed by atoms with Crippen LogP contribution in [0.25, 0.3) is 5.69 Å². The van der Waals surface area contributed by atoms with Crippen LogP contribution in [0.1, 0.15) is 29.4 Å². The lowest BCUT2D eigenvalue weighted by Gasteiger charge is -2.31. The van der Waals surface area contributed by atoms with E-state index in [4.69, 9.17) is 0 Å². The van der Waals surface area contributed by atoms with Crippen LogP contribution in [0.3, 0.4) is 0 Å². The van der Waals surface area contributed by atoms with Gasteiger partial charge in [0.1, 0.15) is 12.7 Å². The summed E-state index contributed by atoms with van der Waals surface area (Å²) in [5, 5.41) is 19.4. The predicted molar refractivity (Wildman–Crippen MR) is 94.4 cm³/mol. The van der Waals surface area contributed by atoms with Crippen molar-refractivity contribution in [2.45, 2.75) is 18.9 Å². The molecule has 0 atom stereocenters. The third-order valence-corrected chi connectivity index (χ3v) is 4.68. The normalized spacial score (nSPS) is 15.0. The Balaban J connectivity index is 1.45. The molecular weight excluding hydrogens is 350 g/mol. The van der Waals surface area contributed by atoms with Gasteiger partial charge in [-0.05, 0) is 25.0 Å². The van der Waals surface area contributed by atoms with Gasteiger partial charge < -0.3 is 4.90 Å². The Kier molecular flexibility index (Phi) is 4.37. The van der Waals surface area contributed by atoms with Crippen molar-refractivity contribution in [3.05, 3.63) is 65.0 Å². The largest absolute Gasteiger partial charge is 0.337 e. The highest BCUT2D eigenvalue weighted by atomic mass is 16.6. The summed E-state index contributed by atoms with van der Waals surface area (Å²) in [4.78, 5) is 28.9. The summed E-state index contributed by atoms with van der Waals surface area (Å²) in [5.41, 5.74) is 0.833. The minimum Gasteiger partial charge on any atom is -0.337 e. The molecule has 0 radical (unpaired) electrons. The van der Waals surface area contributed by atoms with E-state index in [0.29, 0.717) is 24.5 Å². The van der Waals surface area contributed by atoms with E-state index in [1.54, 1.807) is 35.6 Å². The van der Waals surface area contributed by atoms with E-state index in [-0.39, 0.29) is 17.6 Å². The molecule has 2 aromatic heterocycles. The van der Waals surface area contributed by atoms with Gasteiger partial charge in [-0.1, -0.05) is 6.07 Å². The van der Waals surface area contributed by atoms with Gasteiger partial charge in [0.2, 0.25) is 0 Å². The number of aromatic nitrogens is 5. The number of nitrogens with zero attached hydrogens (tertiary/aromatic N) is 7. The minimum atomic E-state index is -0.460. The van der Waals surface area contributed by atoms with Crippen LogP contribution in [0.5, 0.6) is 0 Å². The standard InChI is InChI=1S/C17H17N7O3/c25-17(21-7-4-13(5-8-21)23-12-18-11-19-23)16-6-9-22(20-16)14-2-1-3-15(10-14)24(26)27/h1-3,6,9-13H,4-5,7-8H2. The van der Waals surface area contributed by atoms with Crippen molar-refractivity contribution in [3.8, 4) is 5.69 Å². The van der Waals surface area contributed by atoms with Crippen LogP contribution < -0.4 is 0 Å². The quantitative estimate of drug-likeness (QED) is 0.514. The van der Waals surface area contributed by atoms with Crippen LogP contribution in [0.2, 0.25) is 0 Å². The topological polar surface area (TPSA) is 112 Å². The summed E-state index contributed by atoms with van der Waals surface area (Å²) in [5.74, 6) is -0.142. The van der Waals surface area contributed by atoms with Gasteiger partial charge in [-0.3, -0.25) is 14.9 Å². The van der Waals surface area contributed by atoms with Crippen LogP contribution in [0, 0.1) is 10.1 Å². The Morgan fingerprint density at radius 3 is 2.74 bits per heavy atom. The van der Waals surface area contributed by atoms with Gasteiger partial charge in [-0.15, -0.1) is 0 Å². The molecule has 10 heteroatoms. The zero-order valence-electron chi connectivity index (χ0n) is 14.4. The van der Waals surface area contributed by atoms with E-state index in [2.05, 4.69) is 15.2 Å². The number of carbonyl (C=O) groups is 1. The number of hydrogen-bond donors (Lipinski definition) is 0. The van der Waals surface area contributed by atoms with Crippen LogP contribution in [0.4, 0.5) is 5.69 Å². The van der Waals surface area contributed by atoms with Crippen molar-refractivity contribution in [2.75, 3.05) is 13.1 Å². The molecule has 4 rings (SSSR count). The second kappa shape index (κ2) is 6.98. The second-order valence-corrected chi connectivity index (χ2v) is 6.32. The smallest absolute Gasteiger partial charge is 0.274 e. The third kappa shape index (κ3) is 3.41. The fraction of sp³-hybridized carbons (Fsp3) is 0.294. The first-order valence-electron chi connectivity index (χ1n) is 8.56. The van der Waals surface area contributed by atoms with E-state index < -0.39 is 4.92 Å². The van der Waals surface area contributed by atoms with Crippen molar-refractivity contribution >= 4 is 11.6 Å². The number of likely N-dealkylation sites (tertiary alicyclic amines) is 1. The molecule has 0 unspecified atom stereocenters. The van der Waals surface area contributed by atoms with Gasteiger partial charge in [0.05, 0.1) is 16.7 Å². The zero-order chi connectivity index (χ0) is 18.8.